The quantitative estimate of drug-likeness (QED) is 0.677. The van der Waals surface area contributed by atoms with Crippen molar-refractivity contribution in [1.29, 1.82) is 0 Å². The summed E-state index contributed by atoms with van der Waals surface area (Å²) in [4.78, 5) is 0. The van der Waals surface area contributed by atoms with Crippen molar-refractivity contribution in [1.82, 2.24) is 4.72 Å². The minimum absolute atomic E-state index is 0.173. The molecule has 12 heavy (non-hydrogen) atoms. The molecule has 0 aromatic heterocycles. The maximum Gasteiger partial charge on any atom is 0.211 e. The molecule has 0 aliphatic carbocycles. The maximum atomic E-state index is 11.2. The predicted molar refractivity (Wildman–Crippen MR) is 52.0 cm³/mol. The Morgan fingerprint density at radius 3 is 2.50 bits per heavy atom. The van der Waals surface area contributed by atoms with Gasteiger partial charge in [0.1, 0.15) is 0 Å². The molecule has 0 aromatic rings. The van der Waals surface area contributed by atoms with Gasteiger partial charge in [0.15, 0.2) is 0 Å². The minimum Gasteiger partial charge on any atom is -0.212 e. The summed E-state index contributed by atoms with van der Waals surface area (Å²) in [7, 11) is -3.09. The van der Waals surface area contributed by atoms with Crippen molar-refractivity contribution in [3.63, 3.8) is 0 Å². The van der Waals surface area contributed by atoms with Crippen LogP contribution in [0.15, 0.2) is 0 Å². The molecule has 0 bridgehead atoms. The molecule has 1 N–H and O–H groups in total. The van der Waals surface area contributed by atoms with Crippen LogP contribution in [0.2, 0.25) is 0 Å². The highest BCUT2D eigenvalue weighted by molar-refractivity contribution is 7.89. The zero-order valence-electron chi connectivity index (χ0n) is 7.51. The van der Waals surface area contributed by atoms with Crippen LogP contribution < -0.4 is 4.72 Å². The van der Waals surface area contributed by atoms with Crippen LogP contribution in [-0.4, -0.2) is 26.1 Å². The Balaban J connectivity index is 3.88. The highest BCUT2D eigenvalue weighted by Crippen LogP contribution is 1.96. The molecular formula is C7H16ClNO2S. The van der Waals surface area contributed by atoms with Gasteiger partial charge in [0, 0.05) is 11.9 Å². The van der Waals surface area contributed by atoms with Gasteiger partial charge in [0.2, 0.25) is 10.0 Å². The fraction of sp³-hybridized carbons (Fsp3) is 1.00. The third-order valence-electron chi connectivity index (χ3n) is 1.38. The third-order valence-corrected chi connectivity index (χ3v) is 3.43. The average molecular weight is 214 g/mol. The van der Waals surface area contributed by atoms with E-state index >= 15 is 0 Å². The Morgan fingerprint density at radius 2 is 2.08 bits per heavy atom. The van der Waals surface area contributed by atoms with Gasteiger partial charge < -0.3 is 0 Å². The van der Waals surface area contributed by atoms with Crippen molar-refractivity contribution < 1.29 is 8.42 Å². The predicted octanol–water partition coefficient (Wildman–Crippen LogP) is 1.33. The second-order valence-corrected chi connectivity index (χ2v) is 5.03. The van der Waals surface area contributed by atoms with Crippen LogP contribution in [0.1, 0.15) is 26.7 Å². The molecule has 5 heteroatoms. The molecule has 0 aliphatic heterocycles. The molecule has 0 fully saturated rings. The van der Waals surface area contributed by atoms with E-state index in [1.54, 1.807) is 6.92 Å². The summed E-state index contributed by atoms with van der Waals surface area (Å²) in [6, 6.07) is -0.173. The number of hydrogen-bond donors (Lipinski definition) is 1. The van der Waals surface area contributed by atoms with E-state index in [1.807, 2.05) is 6.92 Å². The fourth-order valence-electron chi connectivity index (χ4n) is 0.731. The minimum atomic E-state index is -3.09. The summed E-state index contributed by atoms with van der Waals surface area (Å²) >= 11 is 5.47. The molecule has 0 aliphatic rings. The third kappa shape index (κ3) is 5.80. The highest BCUT2D eigenvalue weighted by Gasteiger charge is 2.12. The normalized spacial score (nSPS) is 14.6. The standard InChI is InChI=1S/C7H16ClNO2S/c1-3-4-5-12(10,11)9-7(2)6-8/h7,9H,3-6H2,1-2H3. The molecule has 0 amide bonds. The largest absolute Gasteiger partial charge is 0.212 e. The number of alkyl halides is 1. The van der Waals surface area contributed by atoms with Crippen molar-refractivity contribution in [3.05, 3.63) is 0 Å². The molecule has 0 aromatic carbocycles. The topological polar surface area (TPSA) is 46.2 Å². The first kappa shape index (κ1) is 12.2. The van der Waals surface area contributed by atoms with Gasteiger partial charge in [0.25, 0.3) is 0 Å². The molecule has 1 atom stereocenters. The monoisotopic (exact) mass is 213 g/mol. The van der Waals surface area contributed by atoms with Gasteiger partial charge in [-0.05, 0) is 13.3 Å². The SMILES string of the molecule is CCCCS(=O)(=O)NC(C)CCl. The summed E-state index contributed by atoms with van der Waals surface area (Å²) in [6.45, 7) is 3.71. The summed E-state index contributed by atoms with van der Waals surface area (Å²) in [5.74, 6) is 0.510. The summed E-state index contributed by atoms with van der Waals surface area (Å²) < 4.78 is 24.9. The second-order valence-electron chi connectivity index (χ2n) is 2.85. The number of halogens is 1. The Labute approximate surface area is 79.5 Å². The molecule has 0 spiro atoms. The second kappa shape index (κ2) is 5.78. The van der Waals surface area contributed by atoms with Gasteiger partial charge in [-0.2, -0.15) is 0 Å². The van der Waals surface area contributed by atoms with Crippen LogP contribution >= 0.6 is 11.6 Å². The van der Waals surface area contributed by atoms with Crippen molar-refractivity contribution in [2.24, 2.45) is 0 Å². The molecular weight excluding hydrogens is 198 g/mol. The van der Waals surface area contributed by atoms with Gasteiger partial charge in [-0.15, -0.1) is 11.6 Å². The molecule has 1 unspecified atom stereocenters. The lowest BCUT2D eigenvalue weighted by Crippen LogP contribution is -2.35. The number of sulfonamides is 1. The van der Waals surface area contributed by atoms with Crippen LogP contribution in [-0.2, 0) is 10.0 Å². The lowest BCUT2D eigenvalue weighted by Gasteiger charge is -2.10. The molecule has 0 heterocycles. The Hall–Kier alpha value is 0.200. The number of rotatable bonds is 6. The van der Waals surface area contributed by atoms with Crippen LogP contribution in [0.25, 0.3) is 0 Å². The number of unbranched alkanes of at least 4 members (excludes halogenated alkanes) is 1. The van der Waals surface area contributed by atoms with Crippen LogP contribution in [0.5, 0.6) is 0 Å². The molecule has 0 saturated heterocycles. The lowest BCUT2D eigenvalue weighted by atomic mass is 10.4. The van der Waals surface area contributed by atoms with Gasteiger partial charge in [-0.1, -0.05) is 13.3 Å². The molecule has 74 valence electrons. The van der Waals surface area contributed by atoms with E-state index < -0.39 is 10.0 Å². The smallest absolute Gasteiger partial charge is 0.211 e. The van der Waals surface area contributed by atoms with Crippen LogP contribution in [0.3, 0.4) is 0 Å². The number of hydrogen-bond acceptors (Lipinski definition) is 2. The van der Waals surface area contributed by atoms with Gasteiger partial charge >= 0.3 is 0 Å². The van der Waals surface area contributed by atoms with Crippen molar-refractivity contribution in [2.75, 3.05) is 11.6 Å². The first-order valence-corrected chi connectivity index (χ1v) is 6.26. The van der Waals surface area contributed by atoms with E-state index in [9.17, 15) is 8.42 Å². The molecule has 0 radical (unpaired) electrons. The highest BCUT2D eigenvalue weighted by atomic mass is 35.5. The summed E-state index contributed by atoms with van der Waals surface area (Å²) in [5, 5.41) is 0. The van der Waals surface area contributed by atoms with E-state index in [2.05, 4.69) is 4.72 Å². The van der Waals surface area contributed by atoms with Crippen molar-refractivity contribution >= 4 is 21.6 Å². The average Bonchev–Trinajstić information content (AvgIpc) is 2.00. The molecule has 0 saturated carbocycles. The van der Waals surface area contributed by atoms with E-state index in [0.29, 0.717) is 12.3 Å². The van der Waals surface area contributed by atoms with Crippen molar-refractivity contribution in [2.45, 2.75) is 32.7 Å². The summed E-state index contributed by atoms with van der Waals surface area (Å²) in [5.41, 5.74) is 0. The molecule has 0 rings (SSSR count). The Morgan fingerprint density at radius 1 is 1.50 bits per heavy atom. The fourth-order valence-corrected chi connectivity index (χ4v) is 2.38. The zero-order valence-corrected chi connectivity index (χ0v) is 9.08. The van der Waals surface area contributed by atoms with E-state index in [0.717, 1.165) is 6.42 Å². The molecule has 3 nitrogen and oxygen atoms in total. The van der Waals surface area contributed by atoms with Gasteiger partial charge in [-0.3, -0.25) is 0 Å². The zero-order chi connectivity index (χ0) is 9.61. The number of nitrogens with one attached hydrogen (secondary N) is 1. The maximum absolute atomic E-state index is 11.2. The van der Waals surface area contributed by atoms with Gasteiger partial charge in [0.05, 0.1) is 5.75 Å². The van der Waals surface area contributed by atoms with Crippen LogP contribution in [0.4, 0.5) is 0 Å². The first-order valence-electron chi connectivity index (χ1n) is 4.07. The van der Waals surface area contributed by atoms with E-state index in [-0.39, 0.29) is 11.8 Å². The van der Waals surface area contributed by atoms with Gasteiger partial charge in [-0.25, -0.2) is 13.1 Å². The van der Waals surface area contributed by atoms with Crippen LogP contribution in [0, 0.1) is 0 Å². The lowest BCUT2D eigenvalue weighted by molar-refractivity contribution is 0.567. The first-order chi connectivity index (χ1) is 5.52. The Bertz CT molecular complexity index is 203. The summed E-state index contributed by atoms with van der Waals surface area (Å²) in [6.07, 6.45) is 1.58. The van der Waals surface area contributed by atoms with Crippen molar-refractivity contribution in [3.8, 4) is 0 Å². The Kier molecular flexibility index (Phi) is 5.88. The van der Waals surface area contributed by atoms with E-state index in [4.69, 9.17) is 11.6 Å². The van der Waals surface area contributed by atoms with E-state index in [1.165, 1.54) is 0 Å².